The third kappa shape index (κ3) is 2.79. The zero-order valence-corrected chi connectivity index (χ0v) is 12.7. The van der Waals surface area contributed by atoms with Gasteiger partial charge in [0.05, 0.1) is 0 Å². The Morgan fingerprint density at radius 3 is 2.85 bits per heavy atom. The summed E-state index contributed by atoms with van der Waals surface area (Å²) >= 11 is 1.26. The van der Waals surface area contributed by atoms with Crippen LogP contribution in [0.5, 0.6) is 0 Å². The van der Waals surface area contributed by atoms with E-state index in [2.05, 4.69) is 15.4 Å². The molecule has 0 aliphatic rings. The maximum Gasteiger partial charge on any atom is 0.275 e. The van der Waals surface area contributed by atoms with Crippen molar-refractivity contribution in [3.05, 3.63) is 22.1 Å². The molecule has 0 unspecified atom stereocenters. The fraction of sp³-hybridized carbons (Fsp3) is 0.500. The van der Waals surface area contributed by atoms with Crippen molar-refractivity contribution in [2.75, 3.05) is 19.4 Å². The van der Waals surface area contributed by atoms with E-state index in [4.69, 9.17) is 0 Å². The van der Waals surface area contributed by atoms with Crippen molar-refractivity contribution in [2.24, 2.45) is 0 Å². The summed E-state index contributed by atoms with van der Waals surface area (Å²) in [6.45, 7) is 3.69. The van der Waals surface area contributed by atoms with E-state index in [-0.39, 0.29) is 11.5 Å². The first-order chi connectivity index (χ1) is 9.42. The average molecular weight is 295 g/mol. The highest BCUT2D eigenvalue weighted by Crippen LogP contribution is 2.17. The van der Waals surface area contributed by atoms with Gasteiger partial charge in [-0.3, -0.25) is 9.59 Å². The summed E-state index contributed by atoms with van der Waals surface area (Å²) < 4.78 is 1.25. The number of hydrogen-bond acceptors (Lipinski definition) is 6. The lowest BCUT2D eigenvalue weighted by Gasteiger charge is -2.16. The van der Waals surface area contributed by atoms with Crippen LogP contribution < -0.4 is 10.9 Å². The van der Waals surface area contributed by atoms with Gasteiger partial charge < -0.3 is 10.2 Å². The van der Waals surface area contributed by atoms with E-state index in [0.717, 1.165) is 5.69 Å². The number of nitrogens with one attached hydrogen (secondary N) is 1. The van der Waals surface area contributed by atoms with E-state index in [9.17, 15) is 9.59 Å². The van der Waals surface area contributed by atoms with Gasteiger partial charge >= 0.3 is 0 Å². The van der Waals surface area contributed by atoms with E-state index < -0.39 is 6.04 Å². The van der Waals surface area contributed by atoms with Crippen LogP contribution in [-0.2, 0) is 11.2 Å². The minimum Gasteiger partial charge on any atom is -0.349 e. The quantitative estimate of drug-likeness (QED) is 0.893. The normalized spacial score (nSPS) is 12.4. The maximum absolute atomic E-state index is 11.9. The van der Waals surface area contributed by atoms with Crippen LogP contribution in [0.1, 0.15) is 19.5 Å². The smallest absolute Gasteiger partial charge is 0.275 e. The van der Waals surface area contributed by atoms with Crippen LogP contribution in [0.2, 0.25) is 0 Å². The summed E-state index contributed by atoms with van der Waals surface area (Å²) in [4.78, 5) is 30.0. The summed E-state index contributed by atoms with van der Waals surface area (Å²) in [5.74, 6) is -0.0567. The van der Waals surface area contributed by atoms with Gasteiger partial charge in [0.15, 0.2) is 0 Å². The molecule has 0 spiro atoms. The molecule has 1 atom stereocenters. The highest BCUT2D eigenvalue weighted by atomic mass is 32.1. The molecule has 0 saturated carbocycles. The van der Waals surface area contributed by atoms with E-state index >= 15 is 0 Å². The lowest BCUT2D eigenvalue weighted by Crippen LogP contribution is -2.36. The van der Waals surface area contributed by atoms with Crippen molar-refractivity contribution in [2.45, 2.75) is 26.3 Å². The van der Waals surface area contributed by atoms with Gasteiger partial charge in [-0.1, -0.05) is 18.3 Å². The standard InChI is InChI=1S/C12H17N5O2S/c1-5-8-6-9(18)17-12(14-8)20-11(15-17)13-7(2)10(19)16(3)4/h6-7H,5H2,1-4H3,(H,13,15)/t7-/m0/s1. The number of carbonyl (C=O) groups excluding carboxylic acids is 1. The number of nitrogens with zero attached hydrogens (tertiary/aromatic N) is 4. The highest BCUT2D eigenvalue weighted by molar-refractivity contribution is 7.20. The average Bonchev–Trinajstić information content (AvgIpc) is 2.80. The largest absolute Gasteiger partial charge is 0.349 e. The topological polar surface area (TPSA) is 79.6 Å². The molecule has 2 rings (SSSR count). The Balaban J connectivity index is 2.31. The monoisotopic (exact) mass is 295 g/mol. The molecule has 0 fully saturated rings. The second-order valence-corrected chi connectivity index (χ2v) is 5.60. The minimum absolute atomic E-state index is 0.0567. The number of hydrogen-bond donors (Lipinski definition) is 1. The number of rotatable bonds is 4. The number of aromatic nitrogens is 3. The molecule has 7 nitrogen and oxygen atoms in total. The van der Waals surface area contributed by atoms with Crippen LogP contribution in [0, 0.1) is 0 Å². The van der Waals surface area contributed by atoms with Gasteiger partial charge in [-0.05, 0) is 13.3 Å². The van der Waals surface area contributed by atoms with Crippen LogP contribution in [0.25, 0.3) is 4.96 Å². The number of amides is 1. The molecule has 2 heterocycles. The van der Waals surface area contributed by atoms with Crippen LogP contribution >= 0.6 is 11.3 Å². The van der Waals surface area contributed by atoms with Crippen molar-refractivity contribution in [3.8, 4) is 0 Å². The molecular weight excluding hydrogens is 278 g/mol. The summed E-state index contributed by atoms with van der Waals surface area (Å²) in [7, 11) is 3.39. The van der Waals surface area contributed by atoms with E-state index in [1.807, 2.05) is 6.92 Å². The fourth-order valence-electron chi connectivity index (χ4n) is 1.73. The highest BCUT2D eigenvalue weighted by Gasteiger charge is 2.17. The molecule has 2 aromatic heterocycles. The molecule has 0 aliphatic carbocycles. The third-order valence-electron chi connectivity index (χ3n) is 2.81. The van der Waals surface area contributed by atoms with Crippen molar-refractivity contribution < 1.29 is 4.79 Å². The predicted octanol–water partition coefficient (Wildman–Crippen LogP) is 0.602. The molecule has 0 radical (unpaired) electrons. The molecular formula is C12H17N5O2S. The predicted molar refractivity (Wildman–Crippen MR) is 78.3 cm³/mol. The molecule has 1 N–H and O–H groups in total. The van der Waals surface area contributed by atoms with E-state index in [1.165, 1.54) is 26.8 Å². The second-order valence-electron chi connectivity index (χ2n) is 4.64. The first-order valence-electron chi connectivity index (χ1n) is 6.30. The zero-order chi connectivity index (χ0) is 14.9. The molecule has 1 amide bonds. The number of likely N-dealkylation sites (N-methyl/N-ethyl adjacent to an activating group) is 1. The van der Waals surface area contributed by atoms with Crippen molar-refractivity contribution >= 4 is 27.3 Å². The second kappa shape index (κ2) is 5.58. The first kappa shape index (κ1) is 14.4. The van der Waals surface area contributed by atoms with Crippen LogP contribution in [0.15, 0.2) is 10.9 Å². The molecule has 108 valence electrons. The lowest BCUT2D eigenvalue weighted by molar-refractivity contribution is -0.129. The molecule has 0 bridgehead atoms. The van der Waals surface area contributed by atoms with Gasteiger partial charge in [0.1, 0.15) is 6.04 Å². The van der Waals surface area contributed by atoms with Gasteiger partial charge in [0.2, 0.25) is 16.0 Å². The summed E-state index contributed by atoms with van der Waals surface area (Å²) in [6.07, 6.45) is 0.696. The number of aryl methyl sites for hydroxylation is 1. The Labute approximate surface area is 120 Å². The van der Waals surface area contributed by atoms with Gasteiger partial charge in [0, 0.05) is 25.9 Å². The number of fused-ring (bicyclic) bond motifs is 1. The molecule has 2 aromatic rings. The SMILES string of the molecule is CCc1cc(=O)n2nc(N[C@@H](C)C(=O)N(C)C)sc2n1. The Morgan fingerprint density at radius 1 is 1.55 bits per heavy atom. The minimum atomic E-state index is -0.410. The summed E-state index contributed by atoms with van der Waals surface area (Å²) in [5, 5.41) is 7.65. The van der Waals surface area contributed by atoms with Crippen LogP contribution in [0.3, 0.4) is 0 Å². The van der Waals surface area contributed by atoms with Gasteiger partial charge in [-0.15, -0.1) is 5.10 Å². The van der Waals surface area contributed by atoms with Crippen molar-refractivity contribution in [3.63, 3.8) is 0 Å². The molecule has 0 saturated heterocycles. The Bertz CT molecular complexity index is 691. The number of carbonyl (C=O) groups is 1. The van der Waals surface area contributed by atoms with Crippen LogP contribution in [0.4, 0.5) is 5.13 Å². The molecule has 20 heavy (non-hydrogen) atoms. The zero-order valence-electron chi connectivity index (χ0n) is 11.9. The Hall–Kier alpha value is -1.96. The van der Waals surface area contributed by atoms with Crippen LogP contribution in [-0.4, -0.2) is 45.5 Å². The molecule has 8 heteroatoms. The third-order valence-corrected chi connectivity index (χ3v) is 3.65. The fourth-order valence-corrected chi connectivity index (χ4v) is 2.64. The van der Waals surface area contributed by atoms with E-state index in [1.54, 1.807) is 21.0 Å². The number of anilines is 1. The van der Waals surface area contributed by atoms with E-state index in [0.29, 0.717) is 16.5 Å². The maximum atomic E-state index is 11.9. The molecule has 0 aromatic carbocycles. The van der Waals surface area contributed by atoms with Gasteiger partial charge in [-0.25, -0.2) is 4.98 Å². The Kier molecular flexibility index (Phi) is 4.03. The van der Waals surface area contributed by atoms with Crippen molar-refractivity contribution in [1.29, 1.82) is 0 Å². The first-order valence-corrected chi connectivity index (χ1v) is 7.11. The lowest BCUT2D eigenvalue weighted by atomic mass is 10.3. The van der Waals surface area contributed by atoms with Gasteiger partial charge in [-0.2, -0.15) is 4.52 Å². The summed E-state index contributed by atoms with van der Waals surface area (Å²) in [5.41, 5.74) is 0.533. The van der Waals surface area contributed by atoms with Gasteiger partial charge in [0.25, 0.3) is 5.56 Å². The summed E-state index contributed by atoms with van der Waals surface area (Å²) in [6, 6.07) is 1.07. The van der Waals surface area contributed by atoms with Crippen molar-refractivity contribution in [1.82, 2.24) is 19.5 Å². The Morgan fingerprint density at radius 2 is 2.25 bits per heavy atom. The molecule has 0 aliphatic heterocycles.